The van der Waals surface area contributed by atoms with Gasteiger partial charge in [-0.3, -0.25) is 4.90 Å². The van der Waals surface area contributed by atoms with Crippen LogP contribution < -0.4 is 5.73 Å². The Kier molecular flexibility index (Phi) is 3.36. The zero-order chi connectivity index (χ0) is 10.9. The molecule has 3 atom stereocenters. The molecule has 0 aromatic rings. The number of nitrogens with zero attached hydrogens (tertiary/aromatic N) is 1. The van der Waals surface area contributed by atoms with Crippen LogP contribution in [0.15, 0.2) is 0 Å². The number of hydrogen-bond donors (Lipinski definition) is 1. The molecule has 88 valence electrons. The first-order valence-electron chi connectivity index (χ1n) is 6.64. The molecule has 2 aliphatic rings. The Morgan fingerprint density at radius 1 is 1.27 bits per heavy atom. The van der Waals surface area contributed by atoms with Crippen molar-refractivity contribution in [1.82, 2.24) is 4.90 Å². The molecule has 2 rings (SSSR count). The maximum atomic E-state index is 5.98. The predicted octanol–water partition coefficient (Wildman–Crippen LogP) is 2.24. The van der Waals surface area contributed by atoms with Gasteiger partial charge in [0.1, 0.15) is 0 Å². The van der Waals surface area contributed by atoms with Crippen LogP contribution in [0.2, 0.25) is 0 Å². The van der Waals surface area contributed by atoms with E-state index in [1.165, 1.54) is 45.2 Å². The van der Waals surface area contributed by atoms with Gasteiger partial charge < -0.3 is 5.73 Å². The molecule has 0 aromatic carbocycles. The fraction of sp³-hybridized carbons (Fsp3) is 1.00. The van der Waals surface area contributed by atoms with Crippen LogP contribution in [0, 0.1) is 11.8 Å². The Hall–Kier alpha value is -0.0800. The molecular formula is C13H26N2. The van der Waals surface area contributed by atoms with Gasteiger partial charge in [-0.1, -0.05) is 19.8 Å². The molecule has 0 spiro atoms. The van der Waals surface area contributed by atoms with Crippen molar-refractivity contribution in [2.24, 2.45) is 17.6 Å². The average Bonchev–Trinajstić information content (AvgIpc) is 2.77. The van der Waals surface area contributed by atoms with Crippen molar-refractivity contribution < 1.29 is 0 Å². The molecule has 2 fully saturated rings. The van der Waals surface area contributed by atoms with E-state index < -0.39 is 0 Å². The maximum Gasteiger partial charge on any atom is 0.0303 e. The van der Waals surface area contributed by atoms with Gasteiger partial charge >= 0.3 is 0 Å². The lowest BCUT2D eigenvalue weighted by Crippen LogP contribution is -2.50. The van der Waals surface area contributed by atoms with Gasteiger partial charge in [-0.15, -0.1) is 0 Å². The molecule has 1 saturated carbocycles. The summed E-state index contributed by atoms with van der Waals surface area (Å²) in [5, 5.41) is 0. The molecule has 2 heteroatoms. The average molecular weight is 210 g/mol. The first kappa shape index (κ1) is 11.4. The topological polar surface area (TPSA) is 29.3 Å². The molecule has 0 radical (unpaired) electrons. The van der Waals surface area contributed by atoms with Gasteiger partial charge in [0, 0.05) is 25.2 Å². The molecule has 1 aliphatic carbocycles. The van der Waals surface area contributed by atoms with Crippen LogP contribution in [0.5, 0.6) is 0 Å². The van der Waals surface area contributed by atoms with Crippen molar-refractivity contribution in [2.45, 2.75) is 51.5 Å². The molecule has 0 aromatic heterocycles. The van der Waals surface area contributed by atoms with E-state index in [0.717, 1.165) is 18.4 Å². The predicted molar refractivity (Wildman–Crippen MR) is 64.8 cm³/mol. The second-order valence-electron chi connectivity index (χ2n) is 5.81. The summed E-state index contributed by atoms with van der Waals surface area (Å²) in [5.74, 6) is 1.99. The lowest BCUT2D eigenvalue weighted by atomic mass is 9.94. The molecule has 2 N–H and O–H groups in total. The summed E-state index contributed by atoms with van der Waals surface area (Å²) in [7, 11) is 0. The minimum absolute atomic E-state index is 0.277. The van der Waals surface area contributed by atoms with Gasteiger partial charge in [0.25, 0.3) is 0 Å². The Morgan fingerprint density at radius 2 is 1.87 bits per heavy atom. The van der Waals surface area contributed by atoms with Crippen molar-refractivity contribution in [3.63, 3.8) is 0 Å². The largest absolute Gasteiger partial charge is 0.329 e. The zero-order valence-corrected chi connectivity index (χ0v) is 10.3. The summed E-state index contributed by atoms with van der Waals surface area (Å²) in [6.07, 6.45) is 6.90. The monoisotopic (exact) mass is 210 g/mol. The highest BCUT2D eigenvalue weighted by atomic mass is 15.2. The third-order valence-electron chi connectivity index (χ3n) is 4.72. The van der Waals surface area contributed by atoms with E-state index in [4.69, 9.17) is 5.73 Å². The second-order valence-corrected chi connectivity index (χ2v) is 5.81. The molecule has 1 saturated heterocycles. The van der Waals surface area contributed by atoms with Gasteiger partial charge in [0.05, 0.1) is 0 Å². The number of rotatable bonds is 4. The minimum Gasteiger partial charge on any atom is -0.329 e. The van der Waals surface area contributed by atoms with Crippen molar-refractivity contribution in [1.29, 1.82) is 0 Å². The van der Waals surface area contributed by atoms with E-state index in [9.17, 15) is 0 Å². The van der Waals surface area contributed by atoms with Crippen molar-refractivity contribution >= 4 is 0 Å². The quantitative estimate of drug-likeness (QED) is 0.771. The smallest absolute Gasteiger partial charge is 0.0303 e. The van der Waals surface area contributed by atoms with Crippen LogP contribution in [0.1, 0.15) is 46.0 Å². The lowest BCUT2D eigenvalue weighted by molar-refractivity contribution is 0.120. The van der Waals surface area contributed by atoms with Gasteiger partial charge in [-0.2, -0.15) is 0 Å². The fourth-order valence-electron chi connectivity index (χ4n) is 3.60. The zero-order valence-electron chi connectivity index (χ0n) is 10.3. The lowest BCUT2D eigenvalue weighted by Gasteiger charge is -2.38. The van der Waals surface area contributed by atoms with Gasteiger partial charge in [-0.25, -0.2) is 0 Å². The summed E-state index contributed by atoms with van der Waals surface area (Å²) >= 11 is 0. The van der Waals surface area contributed by atoms with Crippen LogP contribution in [-0.4, -0.2) is 30.1 Å². The standard InChI is InChI=1S/C13H26N2/c1-3-7-13(2,10-14)15-8-11-5-4-6-12(11)9-15/h11-12H,3-10,14H2,1-2H3. The molecule has 3 unspecified atom stereocenters. The third-order valence-corrected chi connectivity index (χ3v) is 4.72. The number of likely N-dealkylation sites (tertiary alicyclic amines) is 1. The van der Waals surface area contributed by atoms with E-state index in [2.05, 4.69) is 18.7 Å². The van der Waals surface area contributed by atoms with Crippen molar-refractivity contribution in [3.8, 4) is 0 Å². The Balaban J connectivity index is 1.99. The highest BCUT2D eigenvalue weighted by Crippen LogP contribution is 2.40. The van der Waals surface area contributed by atoms with E-state index in [1.54, 1.807) is 0 Å². The summed E-state index contributed by atoms with van der Waals surface area (Å²) < 4.78 is 0. The molecule has 0 bridgehead atoms. The van der Waals surface area contributed by atoms with Crippen LogP contribution >= 0.6 is 0 Å². The molecular weight excluding hydrogens is 184 g/mol. The second kappa shape index (κ2) is 4.42. The number of hydrogen-bond acceptors (Lipinski definition) is 2. The highest BCUT2D eigenvalue weighted by molar-refractivity contribution is 4.97. The van der Waals surface area contributed by atoms with E-state index in [0.29, 0.717) is 0 Å². The normalized spacial score (nSPS) is 35.4. The van der Waals surface area contributed by atoms with Crippen LogP contribution in [0.3, 0.4) is 0 Å². The Bertz CT molecular complexity index is 205. The molecule has 0 amide bonds. The summed E-state index contributed by atoms with van der Waals surface area (Å²) in [6, 6.07) is 0. The van der Waals surface area contributed by atoms with Gasteiger partial charge in [0.15, 0.2) is 0 Å². The fourth-order valence-corrected chi connectivity index (χ4v) is 3.60. The van der Waals surface area contributed by atoms with Crippen LogP contribution in [-0.2, 0) is 0 Å². The Morgan fingerprint density at radius 3 is 2.33 bits per heavy atom. The molecule has 15 heavy (non-hydrogen) atoms. The minimum atomic E-state index is 0.277. The van der Waals surface area contributed by atoms with E-state index >= 15 is 0 Å². The van der Waals surface area contributed by atoms with Gasteiger partial charge in [0.2, 0.25) is 0 Å². The third kappa shape index (κ3) is 2.07. The number of fused-ring (bicyclic) bond motifs is 1. The molecule has 2 nitrogen and oxygen atoms in total. The van der Waals surface area contributed by atoms with Crippen molar-refractivity contribution in [2.75, 3.05) is 19.6 Å². The Labute approximate surface area is 94.2 Å². The van der Waals surface area contributed by atoms with Gasteiger partial charge in [-0.05, 0) is 38.0 Å². The highest BCUT2D eigenvalue weighted by Gasteiger charge is 2.42. The maximum absolute atomic E-state index is 5.98. The first-order chi connectivity index (χ1) is 7.19. The van der Waals surface area contributed by atoms with E-state index in [1.807, 2.05) is 0 Å². The summed E-state index contributed by atoms with van der Waals surface area (Å²) in [5.41, 5.74) is 6.26. The molecule has 1 aliphatic heterocycles. The molecule has 1 heterocycles. The summed E-state index contributed by atoms with van der Waals surface area (Å²) in [4.78, 5) is 2.69. The first-order valence-corrected chi connectivity index (χ1v) is 6.64. The number of nitrogens with two attached hydrogens (primary N) is 1. The SMILES string of the molecule is CCCC(C)(CN)N1CC2CCCC2C1. The van der Waals surface area contributed by atoms with E-state index in [-0.39, 0.29) is 5.54 Å². The summed E-state index contributed by atoms with van der Waals surface area (Å²) in [6.45, 7) is 8.08. The van der Waals surface area contributed by atoms with Crippen LogP contribution in [0.4, 0.5) is 0 Å². The van der Waals surface area contributed by atoms with Crippen molar-refractivity contribution in [3.05, 3.63) is 0 Å². The van der Waals surface area contributed by atoms with Crippen LogP contribution in [0.25, 0.3) is 0 Å².